The van der Waals surface area contributed by atoms with Crippen LogP contribution in [0.2, 0.25) is 0 Å². The maximum atomic E-state index is 5.10. The molecule has 1 aromatic heterocycles. The molecule has 0 radical (unpaired) electrons. The molecule has 2 atom stereocenters. The van der Waals surface area contributed by atoms with E-state index in [4.69, 9.17) is 4.74 Å². The summed E-state index contributed by atoms with van der Waals surface area (Å²) in [6, 6.07) is 4.55. The van der Waals surface area contributed by atoms with E-state index >= 15 is 0 Å². The molecule has 1 heterocycles. The Morgan fingerprint density at radius 3 is 2.75 bits per heavy atom. The van der Waals surface area contributed by atoms with Gasteiger partial charge in [-0.2, -0.15) is 0 Å². The van der Waals surface area contributed by atoms with E-state index in [2.05, 4.69) is 47.0 Å². The number of hydrogen-bond donors (Lipinski definition) is 2. The van der Waals surface area contributed by atoms with Crippen LogP contribution in [-0.2, 0) is 11.2 Å². The van der Waals surface area contributed by atoms with Gasteiger partial charge in [0.05, 0.1) is 6.61 Å². The second kappa shape index (κ2) is 11.3. The van der Waals surface area contributed by atoms with Gasteiger partial charge in [-0.25, -0.2) is 0 Å². The first kappa shape index (κ1) is 19.7. The van der Waals surface area contributed by atoms with Gasteiger partial charge in [-0.05, 0) is 30.7 Å². The van der Waals surface area contributed by atoms with Crippen LogP contribution in [0.15, 0.2) is 22.5 Å². The second-order valence-electron chi connectivity index (χ2n) is 4.84. The molecule has 6 heteroatoms. The van der Waals surface area contributed by atoms with Gasteiger partial charge in [0.2, 0.25) is 0 Å². The molecule has 0 spiro atoms. The molecule has 0 aliphatic rings. The smallest absolute Gasteiger partial charge is 0.191 e. The Labute approximate surface area is 143 Å². The van der Waals surface area contributed by atoms with E-state index in [1.807, 2.05) is 11.3 Å². The number of halogens is 1. The molecule has 0 aliphatic carbocycles. The average Bonchev–Trinajstić information content (AvgIpc) is 2.87. The minimum atomic E-state index is 0. The van der Waals surface area contributed by atoms with Gasteiger partial charge in [-0.3, -0.25) is 4.99 Å². The van der Waals surface area contributed by atoms with Crippen molar-refractivity contribution in [3.63, 3.8) is 0 Å². The molecule has 0 bridgehead atoms. The number of methoxy groups -OCH3 is 1. The number of thiophene rings is 1. The summed E-state index contributed by atoms with van der Waals surface area (Å²) < 4.78 is 5.10. The number of rotatable bonds is 7. The Kier molecular flexibility index (Phi) is 11.1. The number of aliphatic imine (C=N–C) groups is 1. The van der Waals surface area contributed by atoms with Crippen molar-refractivity contribution in [3.05, 3.63) is 22.4 Å². The Morgan fingerprint density at radius 1 is 1.45 bits per heavy atom. The van der Waals surface area contributed by atoms with Gasteiger partial charge in [-0.15, -0.1) is 35.3 Å². The molecule has 0 fully saturated rings. The molecule has 0 amide bonds. The molecular formula is C14H26IN3OS. The topological polar surface area (TPSA) is 45.7 Å². The first-order valence-corrected chi connectivity index (χ1v) is 7.52. The minimum Gasteiger partial charge on any atom is -0.383 e. The van der Waals surface area contributed by atoms with Crippen LogP contribution in [0.5, 0.6) is 0 Å². The van der Waals surface area contributed by atoms with Crippen molar-refractivity contribution in [3.8, 4) is 0 Å². The standard InChI is InChI=1S/C14H25N3OS.HI/c1-11(8-13-6-5-7-19-13)9-16-14(15-3)17-12(2)10-18-4;/h5-7,11-12H,8-10H2,1-4H3,(H2,15,16,17);1H. The average molecular weight is 411 g/mol. The third-order valence-corrected chi connectivity index (χ3v) is 3.67. The van der Waals surface area contributed by atoms with Crippen molar-refractivity contribution in [1.29, 1.82) is 0 Å². The van der Waals surface area contributed by atoms with E-state index in [-0.39, 0.29) is 30.0 Å². The van der Waals surface area contributed by atoms with Crippen molar-refractivity contribution in [2.75, 3.05) is 27.3 Å². The lowest BCUT2D eigenvalue weighted by atomic mass is 10.1. The first-order chi connectivity index (χ1) is 9.15. The highest BCUT2D eigenvalue weighted by Gasteiger charge is 2.08. The number of nitrogens with zero attached hydrogens (tertiary/aromatic N) is 1. The molecule has 2 unspecified atom stereocenters. The van der Waals surface area contributed by atoms with Crippen LogP contribution in [0.3, 0.4) is 0 Å². The molecule has 2 N–H and O–H groups in total. The zero-order valence-electron chi connectivity index (χ0n) is 12.7. The fourth-order valence-electron chi connectivity index (χ4n) is 1.83. The van der Waals surface area contributed by atoms with E-state index in [9.17, 15) is 0 Å². The Bertz CT molecular complexity index is 371. The zero-order valence-corrected chi connectivity index (χ0v) is 15.8. The second-order valence-corrected chi connectivity index (χ2v) is 5.87. The van der Waals surface area contributed by atoms with Gasteiger partial charge >= 0.3 is 0 Å². The summed E-state index contributed by atoms with van der Waals surface area (Å²) in [4.78, 5) is 5.66. The Balaban J connectivity index is 0.00000361. The molecular weight excluding hydrogens is 385 g/mol. The molecule has 1 rings (SSSR count). The van der Waals surface area contributed by atoms with Gasteiger partial charge in [0, 0.05) is 31.6 Å². The molecule has 4 nitrogen and oxygen atoms in total. The summed E-state index contributed by atoms with van der Waals surface area (Å²) in [5.41, 5.74) is 0. The quantitative estimate of drug-likeness (QED) is 0.412. The van der Waals surface area contributed by atoms with Crippen LogP contribution in [0.25, 0.3) is 0 Å². The summed E-state index contributed by atoms with van der Waals surface area (Å²) in [6.45, 7) is 5.91. The lowest BCUT2D eigenvalue weighted by molar-refractivity contribution is 0.179. The predicted octanol–water partition coefficient (Wildman–Crippen LogP) is 2.74. The Hall–Kier alpha value is -0.340. The number of hydrogen-bond acceptors (Lipinski definition) is 3. The van der Waals surface area contributed by atoms with Gasteiger partial charge < -0.3 is 15.4 Å². The molecule has 116 valence electrons. The summed E-state index contributed by atoms with van der Waals surface area (Å²) in [6.07, 6.45) is 1.11. The van der Waals surface area contributed by atoms with Gasteiger partial charge in [0.25, 0.3) is 0 Å². The minimum absolute atomic E-state index is 0. The third kappa shape index (κ3) is 8.06. The van der Waals surface area contributed by atoms with Crippen LogP contribution < -0.4 is 10.6 Å². The van der Waals surface area contributed by atoms with Crippen molar-refractivity contribution in [1.82, 2.24) is 10.6 Å². The summed E-state index contributed by atoms with van der Waals surface area (Å²) in [5, 5.41) is 8.78. The highest BCUT2D eigenvalue weighted by atomic mass is 127. The lowest BCUT2D eigenvalue weighted by Crippen LogP contribution is -2.45. The van der Waals surface area contributed by atoms with E-state index < -0.39 is 0 Å². The zero-order chi connectivity index (χ0) is 14.1. The first-order valence-electron chi connectivity index (χ1n) is 6.64. The number of guanidine groups is 1. The normalized spacial score (nSPS) is 14.3. The molecule has 1 aromatic rings. The largest absolute Gasteiger partial charge is 0.383 e. The third-order valence-electron chi connectivity index (χ3n) is 2.77. The van der Waals surface area contributed by atoms with Crippen LogP contribution in [0.4, 0.5) is 0 Å². The maximum absolute atomic E-state index is 5.10. The Morgan fingerprint density at radius 2 is 2.20 bits per heavy atom. The van der Waals surface area contributed by atoms with E-state index in [1.54, 1.807) is 14.2 Å². The molecule has 20 heavy (non-hydrogen) atoms. The lowest BCUT2D eigenvalue weighted by Gasteiger charge is -2.19. The van der Waals surface area contributed by atoms with Gasteiger partial charge in [-0.1, -0.05) is 13.0 Å². The summed E-state index contributed by atoms with van der Waals surface area (Å²) >= 11 is 1.82. The van der Waals surface area contributed by atoms with Crippen molar-refractivity contribution < 1.29 is 4.74 Å². The van der Waals surface area contributed by atoms with Gasteiger partial charge in [0.1, 0.15) is 0 Å². The van der Waals surface area contributed by atoms with Crippen LogP contribution in [-0.4, -0.2) is 39.3 Å². The molecule has 0 saturated heterocycles. The summed E-state index contributed by atoms with van der Waals surface area (Å²) in [5.74, 6) is 1.41. The van der Waals surface area contributed by atoms with E-state index in [0.717, 1.165) is 18.9 Å². The van der Waals surface area contributed by atoms with Gasteiger partial charge in [0.15, 0.2) is 5.96 Å². The maximum Gasteiger partial charge on any atom is 0.191 e. The molecule has 0 aliphatic heterocycles. The molecule has 0 aromatic carbocycles. The number of ether oxygens (including phenoxy) is 1. The predicted molar refractivity (Wildman–Crippen MR) is 98.4 cm³/mol. The van der Waals surface area contributed by atoms with Crippen molar-refractivity contribution in [2.45, 2.75) is 26.3 Å². The number of nitrogens with one attached hydrogen (secondary N) is 2. The molecule has 0 saturated carbocycles. The van der Waals surface area contributed by atoms with Crippen LogP contribution in [0.1, 0.15) is 18.7 Å². The fraction of sp³-hybridized carbons (Fsp3) is 0.643. The van der Waals surface area contributed by atoms with Crippen molar-refractivity contribution in [2.24, 2.45) is 10.9 Å². The monoisotopic (exact) mass is 411 g/mol. The summed E-state index contributed by atoms with van der Waals surface area (Å²) in [7, 11) is 3.50. The van der Waals surface area contributed by atoms with E-state index in [1.165, 1.54) is 4.88 Å². The van der Waals surface area contributed by atoms with Crippen LogP contribution in [0, 0.1) is 5.92 Å². The van der Waals surface area contributed by atoms with Crippen molar-refractivity contribution >= 4 is 41.3 Å². The SMILES string of the molecule is CN=C(NCC(C)Cc1cccs1)NC(C)COC.I. The fourth-order valence-corrected chi connectivity index (χ4v) is 2.70. The van der Waals surface area contributed by atoms with E-state index in [0.29, 0.717) is 12.5 Å². The highest BCUT2D eigenvalue weighted by molar-refractivity contribution is 14.0. The highest BCUT2D eigenvalue weighted by Crippen LogP contribution is 2.13. The van der Waals surface area contributed by atoms with Crippen LogP contribution >= 0.6 is 35.3 Å².